The molecule has 2 N–H and O–H groups in total. The molecule has 2 fully saturated rings. The van der Waals surface area contributed by atoms with Crippen LogP contribution >= 0.6 is 24.0 Å². The molecule has 7 heteroatoms. The number of halogens is 1. The van der Waals surface area contributed by atoms with Crippen LogP contribution in [-0.2, 0) is 6.54 Å². The highest BCUT2D eigenvalue weighted by atomic mass is 127. The largest absolute Gasteiger partial charge is 0.363 e. The van der Waals surface area contributed by atoms with E-state index in [2.05, 4.69) is 25.5 Å². The molecule has 0 unspecified atom stereocenters. The summed E-state index contributed by atoms with van der Waals surface area (Å²) >= 11 is 0. The molecular weight excluding hydrogens is 451 g/mol. The monoisotopic (exact) mass is 486 g/mol. The zero-order valence-corrected chi connectivity index (χ0v) is 19.3. The van der Waals surface area contributed by atoms with Crippen molar-refractivity contribution < 1.29 is 0 Å². The Morgan fingerprint density at radius 1 is 1.19 bits per heavy atom. The molecule has 27 heavy (non-hydrogen) atoms. The zero-order chi connectivity index (χ0) is 18.4. The molecule has 1 aliphatic carbocycles. The highest BCUT2D eigenvalue weighted by Gasteiger charge is 2.27. The van der Waals surface area contributed by atoms with Gasteiger partial charge in [-0.25, -0.2) is 4.98 Å². The lowest BCUT2D eigenvalue weighted by atomic mass is 10.0. The van der Waals surface area contributed by atoms with Gasteiger partial charge in [0.15, 0.2) is 5.96 Å². The normalized spacial score (nSPS) is 19.6. The zero-order valence-electron chi connectivity index (χ0n) is 16.9. The number of pyridine rings is 1. The molecule has 2 heterocycles. The number of likely N-dealkylation sites (tertiary alicyclic amines) is 1. The third-order valence-electron chi connectivity index (χ3n) is 5.62. The fraction of sp³-hybridized carbons (Fsp3) is 0.700. The first kappa shape index (κ1) is 22.2. The molecule has 1 saturated carbocycles. The van der Waals surface area contributed by atoms with Crippen LogP contribution in [0.3, 0.4) is 0 Å². The fourth-order valence-corrected chi connectivity index (χ4v) is 4.06. The molecule has 0 spiro atoms. The van der Waals surface area contributed by atoms with E-state index in [0.717, 1.165) is 23.5 Å². The van der Waals surface area contributed by atoms with Crippen molar-refractivity contribution in [3.63, 3.8) is 0 Å². The maximum Gasteiger partial charge on any atom is 0.191 e. The third-order valence-corrected chi connectivity index (χ3v) is 5.62. The van der Waals surface area contributed by atoms with Gasteiger partial charge in [-0.05, 0) is 37.8 Å². The van der Waals surface area contributed by atoms with Gasteiger partial charge >= 0.3 is 0 Å². The number of nitrogens with one attached hydrogen (secondary N) is 2. The van der Waals surface area contributed by atoms with Crippen LogP contribution in [0.2, 0.25) is 0 Å². The van der Waals surface area contributed by atoms with Gasteiger partial charge < -0.3 is 20.4 Å². The molecule has 0 amide bonds. The summed E-state index contributed by atoms with van der Waals surface area (Å²) < 4.78 is 0. The van der Waals surface area contributed by atoms with Crippen molar-refractivity contribution in [1.82, 2.24) is 20.5 Å². The number of piperidine rings is 1. The number of hydrogen-bond donors (Lipinski definition) is 2. The molecule has 1 aromatic rings. The second-order valence-electron chi connectivity index (χ2n) is 7.70. The second-order valence-corrected chi connectivity index (χ2v) is 7.70. The van der Waals surface area contributed by atoms with Crippen LogP contribution < -0.4 is 15.5 Å². The summed E-state index contributed by atoms with van der Waals surface area (Å²) in [5.74, 6) is 1.85. The van der Waals surface area contributed by atoms with Gasteiger partial charge in [0.05, 0.1) is 12.2 Å². The van der Waals surface area contributed by atoms with Crippen molar-refractivity contribution in [2.75, 3.05) is 39.1 Å². The number of hydrogen-bond acceptors (Lipinski definition) is 4. The van der Waals surface area contributed by atoms with Gasteiger partial charge in [0, 0.05) is 46.3 Å². The molecule has 6 nitrogen and oxygen atoms in total. The van der Waals surface area contributed by atoms with Crippen molar-refractivity contribution in [3.05, 3.63) is 23.9 Å². The van der Waals surface area contributed by atoms with Crippen LogP contribution in [0.1, 0.15) is 44.2 Å². The summed E-state index contributed by atoms with van der Waals surface area (Å²) in [6, 6.07) is 7.49. The van der Waals surface area contributed by atoms with Crippen LogP contribution in [0.25, 0.3) is 0 Å². The third kappa shape index (κ3) is 6.48. The standard InChI is InChI=1S/C20H34N6.HI/c1-21-20(22-15-17-7-6-10-19(23-17)25(2)3)24-16-11-13-26(14-12-16)18-8-4-5-9-18;/h6-7,10,16,18H,4-5,8-9,11-15H2,1-3H3,(H2,21,22,24);1H. The van der Waals surface area contributed by atoms with Crippen LogP contribution in [0.4, 0.5) is 5.82 Å². The van der Waals surface area contributed by atoms with E-state index in [-0.39, 0.29) is 24.0 Å². The molecule has 2 aliphatic rings. The molecule has 0 atom stereocenters. The molecule has 0 bridgehead atoms. The minimum absolute atomic E-state index is 0. The van der Waals surface area contributed by atoms with E-state index in [4.69, 9.17) is 0 Å². The predicted molar refractivity (Wildman–Crippen MR) is 124 cm³/mol. The SMILES string of the molecule is CN=C(NCc1cccc(N(C)C)n1)NC1CCN(C2CCCC2)CC1.I. The van der Waals surface area contributed by atoms with Crippen LogP contribution in [0, 0.1) is 0 Å². The van der Waals surface area contributed by atoms with E-state index in [1.165, 1.54) is 51.6 Å². The highest BCUT2D eigenvalue weighted by molar-refractivity contribution is 14.0. The maximum absolute atomic E-state index is 4.65. The topological polar surface area (TPSA) is 55.8 Å². The van der Waals surface area contributed by atoms with Gasteiger partial charge in [-0.2, -0.15) is 0 Å². The number of anilines is 1. The number of nitrogens with zero attached hydrogens (tertiary/aromatic N) is 4. The lowest BCUT2D eigenvalue weighted by molar-refractivity contribution is 0.150. The summed E-state index contributed by atoms with van der Waals surface area (Å²) in [6.07, 6.45) is 8.04. The summed E-state index contributed by atoms with van der Waals surface area (Å²) in [6.45, 7) is 3.11. The average Bonchev–Trinajstić information content (AvgIpc) is 3.20. The van der Waals surface area contributed by atoms with Gasteiger partial charge in [-0.3, -0.25) is 4.99 Å². The minimum atomic E-state index is 0. The van der Waals surface area contributed by atoms with E-state index >= 15 is 0 Å². The average molecular weight is 486 g/mol. The lowest BCUT2D eigenvalue weighted by Gasteiger charge is -2.36. The predicted octanol–water partition coefficient (Wildman–Crippen LogP) is 2.84. The molecule has 3 rings (SSSR count). The Labute approximate surface area is 181 Å². The number of aromatic nitrogens is 1. The quantitative estimate of drug-likeness (QED) is 0.381. The van der Waals surface area contributed by atoms with Crippen molar-refractivity contribution in [1.29, 1.82) is 0 Å². The van der Waals surface area contributed by atoms with Gasteiger partial charge in [-0.1, -0.05) is 18.9 Å². The van der Waals surface area contributed by atoms with Crippen molar-refractivity contribution in [2.45, 2.75) is 57.2 Å². The van der Waals surface area contributed by atoms with E-state index in [1.807, 2.05) is 44.2 Å². The molecule has 1 aliphatic heterocycles. The maximum atomic E-state index is 4.65. The fourth-order valence-electron chi connectivity index (χ4n) is 4.06. The van der Waals surface area contributed by atoms with Gasteiger partial charge in [-0.15, -0.1) is 24.0 Å². The summed E-state index contributed by atoms with van der Waals surface area (Å²) in [5, 5.41) is 7.01. The Bertz CT molecular complexity index is 592. The van der Waals surface area contributed by atoms with Crippen molar-refractivity contribution in [3.8, 4) is 0 Å². The van der Waals surface area contributed by atoms with Crippen LogP contribution in [0.5, 0.6) is 0 Å². The molecule has 0 radical (unpaired) electrons. The molecular formula is C20H35IN6. The smallest absolute Gasteiger partial charge is 0.191 e. The Morgan fingerprint density at radius 3 is 2.52 bits per heavy atom. The van der Waals surface area contributed by atoms with E-state index < -0.39 is 0 Å². The van der Waals surface area contributed by atoms with E-state index in [1.54, 1.807) is 0 Å². The second kappa shape index (κ2) is 11.0. The molecule has 0 aromatic carbocycles. The Hall–Kier alpha value is -1.09. The first-order valence-corrected chi connectivity index (χ1v) is 10.00. The van der Waals surface area contributed by atoms with Crippen molar-refractivity contribution >= 4 is 35.8 Å². The summed E-state index contributed by atoms with van der Waals surface area (Å²) in [7, 11) is 5.86. The number of guanidine groups is 1. The molecule has 1 aromatic heterocycles. The van der Waals surface area contributed by atoms with E-state index in [9.17, 15) is 0 Å². The van der Waals surface area contributed by atoms with Crippen LogP contribution in [0.15, 0.2) is 23.2 Å². The Balaban J connectivity index is 0.00000261. The van der Waals surface area contributed by atoms with Gasteiger partial charge in [0.2, 0.25) is 0 Å². The minimum Gasteiger partial charge on any atom is -0.363 e. The molecule has 152 valence electrons. The number of aliphatic imine (C=N–C) groups is 1. The van der Waals surface area contributed by atoms with Gasteiger partial charge in [0.1, 0.15) is 5.82 Å². The summed E-state index contributed by atoms with van der Waals surface area (Å²) in [4.78, 5) is 13.8. The van der Waals surface area contributed by atoms with Crippen molar-refractivity contribution in [2.24, 2.45) is 4.99 Å². The first-order chi connectivity index (χ1) is 12.7. The summed E-state index contributed by atoms with van der Waals surface area (Å²) in [5.41, 5.74) is 1.02. The highest BCUT2D eigenvalue weighted by Crippen LogP contribution is 2.26. The number of rotatable bonds is 5. The lowest BCUT2D eigenvalue weighted by Crippen LogP contribution is -2.50. The Morgan fingerprint density at radius 2 is 1.89 bits per heavy atom. The van der Waals surface area contributed by atoms with Crippen LogP contribution in [-0.4, -0.2) is 62.2 Å². The van der Waals surface area contributed by atoms with Gasteiger partial charge in [0.25, 0.3) is 0 Å². The Kier molecular flexibility index (Phi) is 9.08. The first-order valence-electron chi connectivity index (χ1n) is 10.00. The van der Waals surface area contributed by atoms with E-state index in [0.29, 0.717) is 12.6 Å². The molecule has 1 saturated heterocycles.